The monoisotopic (exact) mass is 388 g/mol. The number of carbonyl (C=O) groups excluding carboxylic acids is 1. The molecular formula is C24H24N2O3. The maximum absolute atomic E-state index is 13.1. The summed E-state index contributed by atoms with van der Waals surface area (Å²) in [6.07, 6.45) is 16.7. The lowest BCUT2D eigenvalue weighted by atomic mass is 9.97. The molecule has 0 fully saturated rings. The largest absolute Gasteiger partial charge is 0.493 e. The molecule has 5 nitrogen and oxygen atoms in total. The van der Waals surface area contributed by atoms with Gasteiger partial charge >= 0.3 is 0 Å². The molecule has 0 unspecified atom stereocenters. The Hall–Kier alpha value is -3.31. The molecular weight excluding hydrogens is 364 g/mol. The van der Waals surface area contributed by atoms with Crippen LogP contribution in [0.2, 0.25) is 0 Å². The quantitative estimate of drug-likeness (QED) is 0.854. The number of fused-ring (bicyclic) bond motifs is 1. The molecule has 0 radical (unpaired) electrons. The van der Waals surface area contributed by atoms with E-state index in [4.69, 9.17) is 9.47 Å². The Morgan fingerprint density at radius 2 is 1.90 bits per heavy atom. The average molecular weight is 388 g/mol. The first-order chi connectivity index (χ1) is 14.2. The second kappa shape index (κ2) is 8.37. The van der Waals surface area contributed by atoms with Gasteiger partial charge in [-0.2, -0.15) is 0 Å². The number of methoxy groups -OCH3 is 2. The minimum atomic E-state index is -0.0817. The van der Waals surface area contributed by atoms with E-state index in [-0.39, 0.29) is 5.91 Å². The molecule has 0 aromatic heterocycles. The Bertz CT molecular complexity index is 1010. The van der Waals surface area contributed by atoms with Gasteiger partial charge < -0.3 is 14.8 Å². The van der Waals surface area contributed by atoms with E-state index in [2.05, 4.69) is 17.5 Å². The van der Waals surface area contributed by atoms with Gasteiger partial charge in [0.05, 0.1) is 14.2 Å². The van der Waals surface area contributed by atoms with Crippen molar-refractivity contribution in [2.75, 3.05) is 27.3 Å². The average Bonchev–Trinajstić information content (AvgIpc) is 2.77. The van der Waals surface area contributed by atoms with Gasteiger partial charge in [0.1, 0.15) is 0 Å². The van der Waals surface area contributed by atoms with Crippen molar-refractivity contribution in [1.29, 1.82) is 0 Å². The second-order valence-corrected chi connectivity index (χ2v) is 6.93. The smallest absolute Gasteiger partial charge is 0.255 e. The van der Waals surface area contributed by atoms with Gasteiger partial charge in [-0.25, -0.2) is 0 Å². The number of ether oxygens (including phenoxy) is 2. The topological polar surface area (TPSA) is 50.8 Å². The van der Waals surface area contributed by atoms with Gasteiger partial charge in [-0.05, 0) is 59.5 Å². The molecule has 3 heterocycles. The van der Waals surface area contributed by atoms with Crippen LogP contribution < -0.4 is 14.8 Å². The molecule has 0 saturated heterocycles. The van der Waals surface area contributed by atoms with Crippen LogP contribution in [-0.2, 0) is 4.79 Å². The highest BCUT2D eigenvalue weighted by molar-refractivity contribution is 6.00. The molecule has 1 N–H and O–H groups in total. The van der Waals surface area contributed by atoms with Gasteiger partial charge in [-0.3, -0.25) is 9.69 Å². The van der Waals surface area contributed by atoms with Crippen molar-refractivity contribution in [3.05, 3.63) is 89.3 Å². The fraction of sp³-hybridized carbons (Fsp3) is 0.208. The first-order valence-corrected chi connectivity index (χ1v) is 9.65. The number of nitrogens with zero attached hydrogens (tertiary/aromatic N) is 1. The van der Waals surface area contributed by atoms with Crippen molar-refractivity contribution >= 4 is 11.5 Å². The minimum Gasteiger partial charge on any atom is -0.493 e. The maximum Gasteiger partial charge on any atom is 0.255 e. The lowest BCUT2D eigenvalue weighted by Crippen LogP contribution is -2.27. The zero-order chi connectivity index (χ0) is 20.2. The molecule has 1 amide bonds. The van der Waals surface area contributed by atoms with Gasteiger partial charge in [0.25, 0.3) is 5.91 Å². The zero-order valence-corrected chi connectivity index (χ0v) is 16.6. The fourth-order valence-corrected chi connectivity index (χ4v) is 3.61. The number of benzene rings is 1. The number of nitrogens with one attached hydrogen (secondary N) is 1. The lowest BCUT2D eigenvalue weighted by Gasteiger charge is -2.26. The number of rotatable bonds is 4. The minimum absolute atomic E-state index is 0.0817. The van der Waals surface area contributed by atoms with Crippen LogP contribution in [0.25, 0.3) is 5.57 Å². The summed E-state index contributed by atoms with van der Waals surface area (Å²) in [5.41, 5.74) is 4.92. The molecule has 1 aromatic carbocycles. The Balaban J connectivity index is 1.68. The number of allylic oxidation sites excluding steroid dienone is 7. The van der Waals surface area contributed by atoms with Crippen LogP contribution >= 0.6 is 0 Å². The summed E-state index contributed by atoms with van der Waals surface area (Å²) in [5.74, 6) is 1.21. The van der Waals surface area contributed by atoms with Gasteiger partial charge in [0.2, 0.25) is 0 Å². The predicted molar refractivity (Wildman–Crippen MR) is 114 cm³/mol. The molecule has 3 aliphatic heterocycles. The Morgan fingerprint density at radius 3 is 2.66 bits per heavy atom. The molecule has 148 valence electrons. The summed E-state index contributed by atoms with van der Waals surface area (Å²) in [6, 6.07) is 5.65. The lowest BCUT2D eigenvalue weighted by molar-refractivity contribution is -0.122. The van der Waals surface area contributed by atoms with Crippen LogP contribution in [-0.4, -0.2) is 38.1 Å². The standard InChI is InChI=1S/C24H24N2O3/c1-28-22-9-7-19(14-23(22)29-2)18-4-3-5-21-8-6-20(16-26(21)24(27)15-18)17-10-12-25-13-11-17/h3-10,14-16,25H,11-13H2,1-2H3/b4-3+,18-15+,21-5+. The normalized spacial score (nSPS) is 23.4. The zero-order valence-electron chi connectivity index (χ0n) is 16.6. The molecule has 3 aliphatic rings. The third kappa shape index (κ3) is 3.96. The van der Waals surface area contributed by atoms with Gasteiger partial charge in [-0.15, -0.1) is 0 Å². The Labute approximate surface area is 171 Å². The van der Waals surface area contributed by atoms with E-state index in [1.807, 2.05) is 48.7 Å². The molecule has 29 heavy (non-hydrogen) atoms. The van der Waals surface area contributed by atoms with Crippen molar-refractivity contribution in [3.63, 3.8) is 0 Å². The number of carbonyl (C=O) groups is 1. The van der Waals surface area contributed by atoms with Crippen LogP contribution in [0.3, 0.4) is 0 Å². The molecule has 0 saturated carbocycles. The summed E-state index contributed by atoms with van der Waals surface area (Å²) in [7, 11) is 3.21. The van der Waals surface area contributed by atoms with E-state index in [0.29, 0.717) is 11.5 Å². The summed E-state index contributed by atoms with van der Waals surface area (Å²) in [5, 5.41) is 3.32. The summed E-state index contributed by atoms with van der Waals surface area (Å²) < 4.78 is 10.7. The highest BCUT2D eigenvalue weighted by atomic mass is 16.5. The number of hydrogen-bond acceptors (Lipinski definition) is 4. The van der Waals surface area contributed by atoms with Crippen LogP contribution in [0, 0.1) is 0 Å². The van der Waals surface area contributed by atoms with Crippen molar-refractivity contribution in [2.24, 2.45) is 0 Å². The van der Waals surface area contributed by atoms with Crippen molar-refractivity contribution in [1.82, 2.24) is 10.2 Å². The first kappa shape index (κ1) is 19.0. The van der Waals surface area contributed by atoms with Crippen LogP contribution in [0.5, 0.6) is 11.5 Å². The molecule has 4 rings (SSSR count). The Morgan fingerprint density at radius 1 is 1.03 bits per heavy atom. The van der Waals surface area contributed by atoms with Crippen molar-refractivity contribution in [2.45, 2.75) is 6.42 Å². The summed E-state index contributed by atoms with van der Waals surface area (Å²) in [4.78, 5) is 14.8. The van der Waals surface area contributed by atoms with Crippen LogP contribution in [0.15, 0.2) is 83.8 Å². The molecule has 5 heteroatoms. The van der Waals surface area contributed by atoms with E-state index in [1.165, 1.54) is 5.57 Å². The van der Waals surface area contributed by atoms with Crippen LogP contribution in [0.4, 0.5) is 0 Å². The van der Waals surface area contributed by atoms with E-state index in [1.54, 1.807) is 25.2 Å². The van der Waals surface area contributed by atoms with Crippen molar-refractivity contribution < 1.29 is 14.3 Å². The molecule has 0 bridgehead atoms. The molecule has 0 spiro atoms. The van der Waals surface area contributed by atoms with E-state index in [0.717, 1.165) is 41.9 Å². The van der Waals surface area contributed by atoms with Crippen molar-refractivity contribution in [3.8, 4) is 11.5 Å². The van der Waals surface area contributed by atoms with Gasteiger partial charge in [-0.1, -0.05) is 30.4 Å². The van der Waals surface area contributed by atoms with Gasteiger partial charge in [0.15, 0.2) is 11.5 Å². The Kier molecular flexibility index (Phi) is 5.49. The highest BCUT2D eigenvalue weighted by Crippen LogP contribution is 2.32. The molecule has 0 atom stereocenters. The third-order valence-corrected chi connectivity index (χ3v) is 5.19. The first-order valence-electron chi connectivity index (χ1n) is 9.65. The SMILES string of the molecule is COc1ccc(C2=C\C(=O)N3C=C(C4=CCNCC4)C=C\C3=C/C=C/2)cc1OC. The number of hydrogen-bond donors (Lipinski definition) is 1. The maximum atomic E-state index is 13.1. The molecule has 1 aromatic rings. The fourth-order valence-electron chi connectivity index (χ4n) is 3.61. The van der Waals surface area contributed by atoms with E-state index < -0.39 is 0 Å². The number of amides is 1. The van der Waals surface area contributed by atoms with Gasteiger partial charge in [0, 0.05) is 24.5 Å². The van der Waals surface area contributed by atoms with E-state index >= 15 is 0 Å². The molecule has 0 aliphatic carbocycles. The summed E-state index contributed by atoms with van der Waals surface area (Å²) in [6.45, 7) is 1.82. The highest BCUT2D eigenvalue weighted by Gasteiger charge is 2.20. The van der Waals surface area contributed by atoms with E-state index in [9.17, 15) is 4.79 Å². The predicted octanol–water partition coefficient (Wildman–Crippen LogP) is 3.74. The second-order valence-electron chi connectivity index (χ2n) is 6.93. The third-order valence-electron chi connectivity index (χ3n) is 5.19. The summed E-state index contributed by atoms with van der Waals surface area (Å²) >= 11 is 0. The van der Waals surface area contributed by atoms with Crippen LogP contribution in [0.1, 0.15) is 12.0 Å².